The highest BCUT2D eigenvalue weighted by molar-refractivity contribution is 7.19. The zero-order chi connectivity index (χ0) is 19.7. The lowest BCUT2D eigenvalue weighted by atomic mass is 10.00. The van der Waals surface area contributed by atoms with Gasteiger partial charge in [0, 0.05) is 31.4 Å². The van der Waals surface area contributed by atoms with Crippen molar-refractivity contribution in [2.45, 2.75) is 33.2 Å². The minimum Gasteiger partial charge on any atom is -0.348 e. The van der Waals surface area contributed by atoms with Crippen molar-refractivity contribution < 1.29 is 4.39 Å². The van der Waals surface area contributed by atoms with E-state index in [1.807, 2.05) is 16.8 Å². The summed E-state index contributed by atoms with van der Waals surface area (Å²) in [6.07, 6.45) is 6.11. The Balaban J connectivity index is 1.79. The van der Waals surface area contributed by atoms with Gasteiger partial charge in [-0.3, -0.25) is 0 Å². The summed E-state index contributed by atoms with van der Waals surface area (Å²) < 4.78 is 16.3. The van der Waals surface area contributed by atoms with Crippen molar-refractivity contribution in [2.75, 3.05) is 18.0 Å². The van der Waals surface area contributed by atoms with Gasteiger partial charge in [-0.25, -0.2) is 14.4 Å². The largest absolute Gasteiger partial charge is 0.348 e. The number of halogens is 1. The number of aryl methyl sites for hydroxylation is 1. The molecule has 0 unspecified atom stereocenters. The van der Waals surface area contributed by atoms with Gasteiger partial charge in [0.1, 0.15) is 17.6 Å². The second-order valence-corrected chi connectivity index (χ2v) is 8.22. The van der Waals surface area contributed by atoms with Crippen molar-refractivity contribution in [3.05, 3.63) is 42.1 Å². The number of rotatable bonds is 4. The van der Waals surface area contributed by atoms with Crippen LogP contribution in [0.2, 0.25) is 0 Å². The van der Waals surface area contributed by atoms with Crippen LogP contribution in [0.5, 0.6) is 0 Å². The number of piperidine rings is 1. The number of nitriles is 1. The average molecular weight is 396 g/mol. The Hall–Kier alpha value is -2.72. The highest BCUT2D eigenvalue weighted by Crippen LogP contribution is 2.40. The monoisotopic (exact) mass is 395 g/mol. The van der Waals surface area contributed by atoms with E-state index in [9.17, 15) is 4.39 Å². The lowest BCUT2D eigenvalue weighted by molar-refractivity contribution is 0.438. The van der Waals surface area contributed by atoms with E-state index in [1.54, 1.807) is 23.7 Å². The highest BCUT2D eigenvalue weighted by atomic mass is 32.1. The highest BCUT2D eigenvalue weighted by Gasteiger charge is 2.23. The summed E-state index contributed by atoms with van der Waals surface area (Å²) >= 11 is 1.61. The zero-order valence-corrected chi connectivity index (χ0v) is 16.8. The van der Waals surface area contributed by atoms with Gasteiger partial charge in [0.15, 0.2) is 5.13 Å². The summed E-state index contributed by atoms with van der Waals surface area (Å²) in [5.74, 6) is 0.217. The molecular formula is C21H22FN5S. The number of anilines is 1. The van der Waals surface area contributed by atoms with Gasteiger partial charge in [-0.05, 0) is 37.8 Å². The molecule has 0 aliphatic carbocycles. The fourth-order valence-electron chi connectivity index (χ4n) is 3.42. The van der Waals surface area contributed by atoms with Crippen LogP contribution in [0, 0.1) is 23.1 Å². The van der Waals surface area contributed by atoms with Crippen LogP contribution in [-0.2, 0) is 6.54 Å². The van der Waals surface area contributed by atoms with Crippen molar-refractivity contribution >= 4 is 16.5 Å². The van der Waals surface area contributed by atoms with Gasteiger partial charge in [-0.1, -0.05) is 24.3 Å². The third-order valence-electron chi connectivity index (χ3n) is 5.26. The Morgan fingerprint density at radius 2 is 2.11 bits per heavy atom. The van der Waals surface area contributed by atoms with E-state index < -0.39 is 5.82 Å². The molecule has 7 heteroatoms. The van der Waals surface area contributed by atoms with Gasteiger partial charge in [0.05, 0.1) is 22.5 Å². The van der Waals surface area contributed by atoms with Crippen molar-refractivity contribution in [1.82, 2.24) is 14.5 Å². The number of imidazole rings is 1. The molecule has 1 aliphatic rings. The predicted octanol–water partition coefficient (Wildman–Crippen LogP) is 4.94. The van der Waals surface area contributed by atoms with Crippen LogP contribution >= 0.6 is 11.3 Å². The smallest absolute Gasteiger partial charge is 0.186 e. The van der Waals surface area contributed by atoms with E-state index in [0.29, 0.717) is 5.56 Å². The number of hydrogen-bond acceptors (Lipinski definition) is 5. The Bertz CT molecular complexity index is 1020. The molecule has 144 valence electrons. The quantitative estimate of drug-likeness (QED) is 0.628. The fourth-order valence-corrected chi connectivity index (χ4v) is 4.52. The Morgan fingerprint density at radius 1 is 1.32 bits per heavy atom. The molecule has 1 aromatic carbocycles. The number of benzene rings is 1. The Morgan fingerprint density at radius 3 is 2.75 bits per heavy atom. The van der Waals surface area contributed by atoms with Gasteiger partial charge in [-0.2, -0.15) is 5.26 Å². The van der Waals surface area contributed by atoms with Gasteiger partial charge in [-0.15, -0.1) is 0 Å². The third kappa shape index (κ3) is 3.52. The molecule has 1 aliphatic heterocycles. The molecule has 0 bridgehead atoms. The lowest BCUT2D eigenvalue weighted by Crippen LogP contribution is -2.32. The minimum absolute atomic E-state index is 0.0426. The zero-order valence-electron chi connectivity index (χ0n) is 16.0. The Kier molecular flexibility index (Phi) is 5.14. The molecule has 1 fully saturated rings. The maximum atomic E-state index is 14.3. The molecule has 3 aromatic rings. The maximum Gasteiger partial charge on any atom is 0.186 e. The molecule has 0 amide bonds. The predicted molar refractivity (Wildman–Crippen MR) is 110 cm³/mol. The van der Waals surface area contributed by atoms with E-state index in [0.717, 1.165) is 59.8 Å². The van der Waals surface area contributed by atoms with Crippen molar-refractivity contribution in [3.63, 3.8) is 0 Å². The van der Waals surface area contributed by atoms with E-state index in [-0.39, 0.29) is 5.56 Å². The van der Waals surface area contributed by atoms with E-state index >= 15 is 0 Å². The normalized spacial score (nSPS) is 15.0. The number of thiazole rings is 1. The summed E-state index contributed by atoms with van der Waals surface area (Å²) in [4.78, 5) is 12.7. The summed E-state index contributed by atoms with van der Waals surface area (Å²) in [7, 11) is 0. The standard InChI is InChI=1S/C21H22FN5S/c1-3-26-12-18(24-13-26)20-19(15-4-5-16(11-23)17(22)10-15)25-21(28-20)27-8-6-14(2)7-9-27/h4-5,10,12-14H,3,6-9H2,1-2H3. The molecule has 28 heavy (non-hydrogen) atoms. The SMILES string of the molecule is CCn1cnc(-c2sc(N3CCC(C)CC3)nc2-c2ccc(C#N)c(F)c2)c1. The number of nitrogens with zero attached hydrogens (tertiary/aromatic N) is 5. The summed E-state index contributed by atoms with van der Waals surface area (Å²) in [6, 6.07) is 6.55. The molecule has 5 nitrogen and oxygen atoms in total. The van der Waals surface area contributed by atoms with Crippen LogP contribution in [0.1, 0.15) is 32.3 Å². The molecular weight excluding hydrogens is 373 g/mol. The summed E-state index contributed by atoms with van der Waals surface area (Å²) in [5.41, 5.74) is 2.28. The van der Waals surface area contributed by atoms with Gasteiger partial charge >= 0.3 is 0 Å². The van der Waals surface area contributed by atoms with Crippen LogP contribution in [0.4, 0.5) is 9.52 Å². The minimum atomic E-state index is -0.522. The lowest BCUT2D eigenvalue weighted by Gasteiger charge is -2.29. The molecule has 0 spiro atoms. The second-order valence-electron chi connectivity index (χ2n) is 7.24. The first-order chi connectivity index (χ1) is 13.6. The van der Waals surface area contributed by atoms with Crippen molar-refractivity contribution in [2.24, 2.45) is 5.92 Å². The van der Waals surface area contributed by atoms with Crippen LogP contribution in [0.25, 0.3) is 21.8 Å². The molecule has 0 radical (unpaired) electrons. The number of aromatic nitrogens is 3. The third-order valence-corrected chi connectivity index (χ3v) is 6.40. The van der Waals surface area contributed by atoms with Gasteiger partial charge in [0.25, 0.3) is 0 Å². The van der Waals surface area contributed by atoms with Gasteiger partial charge in [0.2, 0.25) is 0 Å². The first-order valence-corrected chi connectivity index (χ1v) is 10.4. The summed E-state index contributed by atoms with van der Waals surface area (Å²) in [6.45, 7) is 7.16. The first-order valence-electron chi connectivity index (χ1n) is 9.57. The van der Waals surface area contributed by atoms with Crippen molar-refractivity contribution in [3.8, 4) is 27.9 Å². The van der Waals surface area contributed by atoms with Crippen molar-refractivity contribution in [1.29, 1.82) is 5.26 Å². The second kappa shape index (κ2) is 7.72. The van der Waals surface area contributed by atoms with Crippen LogP contribution in [0.3, 0.4) is 0 Å². The van der Waals surface area contributed by atoms with Crippen LogP contribution in [0.15, 0.2) is 30.7 Å². The van der Waals surface area contributed by atoms with Crippen LogP contribution < -0.4 is 4.90 Å². The maximum absolute atomic E-state index is 14.3. The fraction of sp³-hybridized carbons (Fsp3) is 0.381. The molecule has 1 saturated heterocycles. The van der Waals surface area contributed by atoms with E-state index in [2.05, 4.69) is 23.7 Å². The molecule has 4 rings (SSSR count). The molecule has 2 aromatic heterocycles. The molecule has 0 atom stereocenters. The van der Waals surface area contributed by atoms with Crippen LogP contribution in [-0.4, -0.2) is 27.6 Å². The topological polar surface area (TPSA) is 57.7 Å². The Labute approximate surface area is 168 Å². The number of hydrogen-bond donors (Lipinski definition) is 0. The molecule has 0 N–H and O–H groups in total. The molecule has 0 saturated carbocycles. The average Bonchev–Trinajstić information content (AvgIpc) is 3.35. The van der Waals surface area contributed by atoms with Gasteiger partial charge < -0.3 is 9.47 Å². The molecule has 3 heterocycles. The first kappa shape index (κ1) is 18.6. The van der Waals surface area contributed by atoms with E-state index in [1.165, 1.54) is 12.1 Å². The summed E-state index contributed by atoms with van der Waals surface area (Å²) in [5, 5.41) is 9.97. The van der Waals surface area contributed by atoms with E-state index in [4.69, 9.17) is 10.2 Å².